The summed E-state index contributed by atoms with van der Waals surface area (Å²) in [5.74, 6) is 0.875. The smallest absolute Gasteiger partial charge is 0.137 e. The summed E-state index contributed by atoms with van der Waals surface area (Å²) < 4.78 is 8.69. The number of hydrogen-bond donors (Lipinski definition) is 1. The third-order valence-corrected chi connectivity index (χ3v) is 3.82. The van der Waals surface area contributed by atoms with Crippen LogP contribution in [0.15, 0.2) is 35.1 Å². The van der Waals surface area contributed by atoms with E-state index in [2.05, 4.69) is 34.0 Å². The number of benzene rings is 1. The van der Waals surface area contributed by atoms with Crippen molar-refractivity contribution in [3.05, 3.63) is 46.2 Å². The largest absolute Gasteiger partial charge is 0.487 e. The fourth-order valence-corrected chi connectivity index (χ4v) is 2.53. The molecule has 0 saturated heterocycles. The van der Waals surface area contributed by atoms with Gasteiger partial charge in [0.15, 0.2) is 0 Å². The molecule has 1 atom stereocenters. The van der Waals surface area contributed by atoms with Gasteiger partial charge in [-0.15, -0.1) is 0 Å². The second-order valence-corrected chi connectivity index (χ2v) is 5.77. The molecular weight excluding hydrogens is 318 g/mol. The number of rotatable bonds is 6. The Kier molecular flexibility index (Phi) is 5.20. The first-order chi connectivity index (χ1) is 9.60. The van der Waals surface area contributed by atoms with Crippen LogP contribution in [0.25, 0.3) is 0 Å². The highest BCUT2D eigenvalue weighted by molar-refractivity contribution is 9.10. The quantitative estimate of drug-likeness (QED) is 0.881. The summed E-state index contributed by atoms with van der Waals surface area (Å²) in [6.45, 7) is 2.60. The molecule has 2 aromatic rings. The van der Waals surface area contributed by atoms with Crippen LogP contribution < -0.4 is 10.5 Å². The van der Waals surface area contributed by atoms with Crippen molar-refractivity contribution in [3.63, 3.8) is 0 Å². The van der Waals surface area contributed by atoms with E-state index in [4.69, 9.17) is 10.5 Å². The van der Waals surface area contributed by atoms with Crippen molar-refractivity contribution in [2.45, 2.75) is 32.4 Å². The first-order valence-electron chi connectivity index (χ1n) is 6.73. The second kappa shape index (κ2) is 6.90. The fraction of sp³-hybridized carbons (Fsp3) is 0.400. The molecule has 1 aromatic heterocycles. The molecule has 0 saturated carbocycles. The summed E-state index contributed by atoms with van der Waals surface area (Å²) in [5, 5.41) is 4.14. The molecule has 2 N–H and O–H groups in total. The summed E-state index contributed by atoms with van der Waals surface area (Å²) in [7, 11) is 1.90. The molecule has 5 heteroatoms. The number of nitrogens with two attached hydrogens (primary N) is 1. The minimum Gasteiger partial charge on any atom is -0.487 e. The summed E-state index contributed by atoms with van der Waals surface area (Å²) in [4.78, 5) is 0. The molecular formula is C15H20BrN3O. The second-order valence-electron chi connectivity index (χ2n) is 4.91. The Bertz CT molecular complexity index is 568. The Morgan fingerprint density at radius 1 is 1.45 bits per heavy atom. The van der Waals surface area contributed by atoms with Crippen molar-refractivity contribution in [1.29, 1.82) is 0 Å². The highest BCUT2D eigenvalue weighted by Gasteiger charge is 2.11. The normalized spacial score (nSPS) is 12.4. The lowest BCUT2D eigenvalue weighted by molar-refractivity contribution is 0.300. The lowest BCUT2D eigenvalue weighted by atomic mass is 10.0. The lowest BCUT2D eigenvalue weighted by Gasteiger charge is -2.15. The Labute approximate surface area is 128 Å². The molecule has 4 nitrogen and oxygen atoms in total. The van der Waals surface area contributed by atoms with Crippen molar-refractivity contribution in [3.8, 4) is 5.75 Å². The van der Waals surface area contributed by atoms with Crippen LogP contribution in [0.4, 0.5) is 0 Å². The lowest BCUT2D eigenvalue weighted by Crippen LogP contribution is -2.21. The van der Waals surface area contributed by atoms with Gasteiger partial charge in [-0.05, 0) is 40.4 Å². The minimum absolute atomic E-state index is 0.157. The average molecular weight is 338 g/mol. The van der Waals surface area contributed by atoms with E-state index in [1.165, 1.54) is 0 Å². The number of aryl methyl sites for hydroxylation is 1. The van der Waals surface area contributed by atoms with E-state index < -0.39 is 0 Å². The molecule has 0 bridgehead atoms. The fourth-order valence-electron chi connectivity index (χ4n) is 2.00. The highest BCUT2D eigenvalue weighted by Crippen LogP contribution is 2.30. The van der Waals surface area contributed by atoms with E-state index in [9.17, 15) is 0 Å². The SMILES string of the molecule is CCC(N)Cc1cccc(Br)c1OCc1cnn(C)c1. The number of hydrogen-bond acceptors (Lipinski definition) is 3. The number of para-hydroxylation sites is 1. The third kappa shape index (κ3) is 3.84. The van der Waals surface area contributed by atoms with Gasteiger partial charge in [0.25, 0.3) is 0 Å². The van der Waals surface area contributed by atoms with Crippen molar-refractivity contribution in [2.24, 2.45) is 12.8 Å². The van der Waals surface area contributed by atoms with Crippen LogP contribution in [0.1, 0.15) is 24.5 Å². The molecule has 0 aliphatic rings. The van der Waals surface area contributed by atoms with E-state index in [0.29, 0.717) is 6.61 Å². The van der Waals surface area contributed by atoms with Gasteiger partial charge >= 0.3 is 0 Å². The first kappa shape index (κ1) is 15.1. The molecule has 20 heavy (non-hydrogen) atoms. The Hall–Kier alpha value is -1.33. The molecule has 0 fully saturated rings. The Balaban J connectivity index is 2.12. The van der Waals surface area contributed by atoms with Crippen molar-refractivity contribution < 1.29 is 4.74 Å². The first-order valence-corrected chi connectivity index (χ1v) is 7.52. The van der Waals surface area contributed by atoms with Gasteiger partial charge in [-0.2, -0.15) is 5.10 Å². The predicted octanol–water partition coefficient (Wildman–Crippen LogP) is 3.04. The van der Waals surface area contributed by atoms with E-state index in [1.807, 2.05) is 31.6 Å². The Morgan fingerprint density at radius 3 is 2.90 bits per heavy atom. The zero-order valence-corrected chi connectivity index (χ0v) is 13.4. The average Bonchev–Trinajstić information content (AvgIpc) is 2.83. The molecule has 0 spiro atoms. The van der Waals surface area contributed by atoms with Crippen LogP contribution in [0.5, 0.6) is 5.75 Å². The van der Waals surface area contributed by atoms with Crippen LogP contribution in [0, 0.1) is 0 Å². The minimum atomic E-state index is 0.157. The van der Waals surface area contributed by atoms with Crippen LogP contribution in [0.2, 0.25) is 0 Å². The maximum atomic E-state index is 6.05. The third-order valence-electron chi connectivity index (χ3n) is 3.20. The molecule has 1 heterocycles. The molecule has 1 aromatic carbocycles. The molecule has 1 unspecified atom stereocenters. The number of halogens is 1. The summed E-state index contributed by atoms with van der Waals surface area (Å²) in [5.41, 5.74) is 8.24. The van der Waals surface area contributed by atoms with Gasteiger partial charge in [0.05, 0.1) is 10.7 Å². The summed E-state index contributed by atoms with van der Waals surface area (Å²) in [6.07, 6.45) is 5.54. The van der Waals surface area contributed by atoms with Crippen molar-refractivity contribution in [2.75, 3.05) is 0 Å². The summed E-state index contributed by atoms with van der Waals surface area (Å²) >= 11 is 3.55. The molecule has 108 valence electrons. The standard InChI is InChI=1S/C15H20BrN3O/c1-3-13(17)7-12-5-4-6-14(16)15(12)20-10-11-8-18-19(2)9-11/h4-6,8-9,13H,3,7,10,17H2,1-2H3. The number of aromatic nitrogens is 2. The van der Waals surface area contributed by atoms with Gasteiger partial charge in [0.2, 0.25) is 0 Å². The van der Waals surface area contributed by atoms with Crippen molar-refractivity contribution >= 4 is 15.9 Å². The van der Waals surface area contributed by atoms with Gasteiger partial charge in [-0.1, -0.05) is 19.1 Å². The molecule has 0 amide bonds. The van der Waals surface area contributed by atoms with E-state index in [0.717, 1.165) is 34.2 Å². The molecule has 2 rings (SSSR count). The molecule has 0 radical (unpaired) electrons. The predicted molar refractivity (Wildman–Crippen MR) is 83.7 cm³/mol. The Morgan fingerprint density at radius 2 is 2.25 bits per heavy atom. The van der Waals surface area contributed by atoms with Gasteiger partial charge in [-0.3, -0.25) is 4.68 Å². The van der Waals surface area contributed by atoms with Gasteiger partial charge in [-0.25, -0.2) is 0 Å². The summed E-state index contributed by atoms with van der Waals surface area (Å²) in [6, 6.07) is 6.22. The van der Waals surface area contributed by atoms with Crippen molar-refractivity contribution in [1.82, 2.24) is 9.78 Å². The topological polar surface area (TPSA) is 53.1 Å². The monoisotopic (exact) mass is 337 g/mol. The zero-order valence-electron chi connectivity index (χ0n) is 11.8. The van der Waals surface area contributed by atoms with E-state index in [1.54, 1.807) is 4.68 Å². The van der Waals surface area contributed by atoms with Crippen LogP contribution >= 0.6 is 15.9 Å². The van der Waals surface area contributed by atoms with Gasteiger partial charge < -0.3 is 10.5 Å². The van der Waals surface area contributed by atoms with E-state index >= 15 is 0 Å². The molecule has 0 aliphatic carbocycles. The van der Waals surface area contributed by atoms with E-state index in [-0.39, 0.29) is 6.04 Å². The van der Waals surface area contributed by atoms with Crippen LogP contribution in [-0.2, 0) is 20.1 Å². The van der Waals surface area contributed by atoms with Gasteiger partial charge in [0, 0.05) is 24.8 Å². The van der Waals surface area contributed by atoms with Gasteiger partial charge in [0.1, 0.15) is 12.4 Å². The maximum Gasteiger partial charge on any atom is 0.137 e. The zero-order chi connectivity index (χ0) is 14.5. The molecule has 0 aliphatic heterocycles. The number of nitrogens with zero attached hydrogens (tertiary/aromatic N) is 2. The van der Waals surface area contributed by atoms with Crippen LogP contribution in [0.3, 0.4) is 0 Å². The highest BCUT2D eigenvalue weighted by atomic mass is 79.9. The van der Waals surface area contributed by atoms with Crippen LogP contribution in [-0.4, -0.2) is 15.8 Å². The maximum absolute atomic E-state index is 6.05. The number of ether oxygens (including phenoxy) is 1.